The molecule has 0 unspecified atom stereocenters. The highest BCUT2D eigenvalue weighted by atomic mass is 32.2. The van der Waals surface area contributed by atoms with Crippen LogP contribution in [0.25, 0.3) is 11.5 Å². The molecule has 29 heavy (non-hydrogen) atoms. The van der Waals surface area contributed by atoms with Crippen LogP contribution in [0.2, 0.25) is 0 Å². The van der Waals surface area contributed by atoms with Crippen LogP contribution in [0.4, 0.5) is 0 Å². The van der Waals surface area contributed by atoms with Crippen molar-refractivity contribution in [1.82, 2.24) is 15.1 Å². The number of thioether (sulfide) groups is 1. The summed E-state index contributed by atoms with van der Waals surface area (Å²) in [6.45, 7) is 1.78. The molecule has 8 heteroatoms. The van der Waals surface area contributed by atoms with Crippen molar-refractivity contribution < 1.29 is 18.5 Å². The molecule has 0 amide bonds. The van der Waals surface area contributed by atoms with Crippen LogP contribution >= 0.6 is 11.8 Å². The molecule has 2 aromatic heterocycles. The molecule has 146 valence electrons. The second-order valence-corrected chi connectivity index (χ2v) is 7.12. The Balaban J connectivity index is 1.39. The number of hydrogen-bond donors (Lipinski definition) is 0. The van der Waals surface area contributed by atoms with Crippen LogP contribution in [0.15, 0.2) is 74.7 Å². The van der Waals surface area contributed by atoms with Gasteiger partial charge in [-0.3, -0.25) is 0 Å². The number of aryl methyl sites for hydroxylation is 1. The summed E-state index contributed by atoms with van der Waals surface area (Å²) in [6, 6.07) is 16.8. The number of esters is 1. The maximum absolute atomic E-state index is 12.6. The van der Waals surface area contributed by atoms with Crippen molar-refractivity contribution in [3.05, 3.63) is 83.8 Å². The van der Waals surface area contributed by atoms with E-state index in [0.717, 1.165) is 10.5 Å². The van der Waals surface area contributed by atoms with E-state index < -0.39 is 5.97 Å². The number of hydrogen-bond acceptors (Lipinski definition) is 8. The number of oxazole rings is 1. The third kappa shape index (κ3) is 4.72. The average Bonchev–Trinajstić information content (AvgIpc) is 3.40. The largest absolute Gasteiger partial charge is 0.455 e. The molecule has 0 radical (unpaired) electrons. The summed E-state index contributed by atoms with van der Waals surface area (Å²) in [4.78, 5) is 21.9. The average molecular weight is 407 g/mol. The number of carbonyl (C=O) groups excluding carboxylic acids is 1. The molecule has 7 nitrogen and oxygen atoms in total. The van der Waals surface area contributed by atoms with E-state index in [9.17, 15) is 4.79 Å². The summed E-state index contributed by atoms with van der Waals surface area (Å²) in [5.74, 6) is 1.61. The first-order valence-electron chi connectivity index (χ1n) is 8.87. The number of nitrogens with zero attached hydrogens (tertiary/aromatic N) is 3. The van der Waals surface area contributed by atoms with Gasteiger partial charge < -0.3 is 13.7 Å². The minimum absolute atomic E-state index is 0.0248. The van der Waals surface area contributed by atoms with E-state index in [2.05, 4.69) is 15.1 Å². The van der Waals surface area contributed by atoms with Crippen LogP contribution in [0, 0.1) is 6.92 Å². The zero-order valence-corrected chi connectivity index (χ0v) is 16.4. The number of ether oxygens (including phenoxy) is 1. The highest BCUT2D eigenvalue weighted by Crippen LogP contribution is 2.27. The van der Waals surface area contributed by atoms with Gasteiger partial charge in [0.25, 0.3) is 0 Å². The highest BCUT2D eigenvalue weighted by Gasteiger charge is 2.15. The second-order valence-electron chi connectivity index (χ2n) is 6.11. The molecular formula is C21H17N3O4S. The first kappa shape index (κ1) is 18.9. The number of aromatic nitrogens is 3. The zero-order valence-electron chi connectivity index (χ0n) is 15.6. The second kappa shape index (κ2) is 8.74. The molecule has 0 fully saturated rings. The first-order chi connectivity index (χ1) is 14.2. The zero-order chi connectivity index (χ0) is 20.1. The van der Waals surface area contributed by atoms with E-state index in [1.165, 1.54) is 18.0 Å². The third-order valence-electron chi connectivity index (χ3n) is 3.95. The van der Waals surface area contributed by atoms with Gasteiger partial charge in [0.15, 0.2) is 5.82 Å². The SMILES string of the molecule is Cc1noc(CSc2ccccc2C(=O)OCc2coc(-c3ccccc3)n2)n1. The van der Waals surface area contributed by atoms with Crippen LogP contribution in [-0.2, 0) is 17.1 Å². The lowest BCUT2D eigenvalue weighted by molar-refractivity contribution is 0.0463. The van der Waals surface area contributed by atoms with E-state index in [1.54, 1.807) is 19.1 Å². The van der Waals surface area contributed by atoms with Gasteiger partial charge in [-0.1, -0.05) is 35.5 Å². The summed E-state index contributed by atoms with van der Waals surface area (Å²) < 4.78 is 16.0. The standard InChI is InChI=1S/C21H17N3O4S/c1-14-22-19(28-24-14)13-29-18-10-6-5-9-17(18)21(25)27-12-16-11-26-20(23-16)15-7-3-2-4-8-15/h2-11H,12-13H2,1H3. The fraction of sp³-hybridized carbons (Fsp3) is 0.143. The molecule has 4 aromatic rings. The quantitative estimate of drug-likeness (QED) is 0.322. The molecule has 0 atom stereocenters. The summed E-state index contributed by atoms with van der Waals surface area (Å²) in [5, 5.41) is 3.77. The van der Waals surface area contributed by atoms with E-state index in [4.69, 9.17) is 13.7 Å². The Morgan fingerprint density at radius 1 is 1.07 bits per heavy atom. The van der Waals surface area contributed by atoms with Gasteiger partial charge in [-0.15, -0.1) is 11.8 Å². The van der Waals surface area contributed by atoms with Crippen LogP contribution in [0.3, 0.4) is 0 Å². The van der Waals surface area contributed by atoms with Crippen molar-refractivity contribution in [1.29, 1.82) is 0 Å². The highest BCUT2D eigenvalue weighted by molar-refractivity contribution is 7.98. The van der Waals surface area contributed by atoms with Crippen molar-refractivity contribution in [2.45, 2.75) is 24.2 Å². The molecule has 4 rings (SSSR count). The molecule has 2 aromatic carbocycles. The molecule has 0 saturated carbocycles. The van der Waals surface area contributed by atoms with E-state index in [0.29, 0.717) is 34.6 Å². The van der Waals surface area contributed by atoms with Crippen molar-refractivity contribution in [3.8, 4) is 11.5 Å². The molecule has 0 bridgehead atoms. The van der Waals surface area contributed by atoms with Crippen LogP contribution in [0.5, 0.6) is 0 Å². The normalized spacial score (nSPS) is 10.8. The van der Waals surface area contributed by atoms with Crippen molar-refractivity contribution >= 4 is 17.7 Å². The van der Waals surface area contributed by atoms with Gasteiger partial charge in [0.2, 0.25) is 11.8 Å². The summed E-state index contributed by atoms with van der Waals surface area (Å²) in [7, 11) is 0. The lowest BCUT2D eigenvalue weighted by atomic mass is 10.2. The molecule has 0 aliphatic heterocycles. The molecule has 0 spiro atoms. The number of rotatable bonds is 7. The van der Waals surface area contributed by atoms with E-state index in [-0.39, 0.29) is 6.61 Å². The van der Waals surface area contributed by atoms with E-state index >= 15 is 0 Å². The van der Waals surface area contributed by atoms with Gasteiger partial charge in [-0.05, 0) is 31.2 Å². The van der Waals surface area contributed by atoms with Crippen molar-refractivity contribution in [2.75, 3.05) is 0 Å². The molecule has 0 saturated heterocycles. The van der Waals surface area contributed by atoms with Gasteiger partial charge in [0, 0.05) is 10.5 Å². The lowest BCUT2D eigenvalue weighted by Gasteiger charge is -2.07. The molecule has 0 N–H and O–H groups in total. The van der Waals surface area contributed by atoms with Gasteiger partial charge in [-0.25, -0.2) is 9.78 Å². The molecule has 2 heterocycles. The van der Waals surface area contributed by atoms with E-state index in [1.807, 2.05) is 42.5 Å². The minimum Gasteiger partial charge on any atom is -0.455 e. The molecule has 0 aliphatic rings. The predicted molar refractivity (Wildman–Crippen MR) is 106 cm³/mol. The Kier molecular flexibility index (Phi) is 5.71. The van der Waals surface area contributed by atoms with Gasteiger partial charge in [-0.2, -0.15) is 4.98 Å². The fourth-order valence-electron chi connectivity index (χ4n) is 2.60. The summed E-state index contributed by atoms with van der Waals surface area (Å²) in [5.41, 5.74) is 1.88. The lowest BCUT2D eigenvalue weighted by Crippen LogP contribution is -2.07. The number of benzene rings is 2. The Morgan fingerprint density at radius 2 is 1.86 bits per heavy atom. The molecular weight excluding hydrogens is 390 g/mol. The summed E-state index contributed by atoms with van der Waals surface area (Å²) in [6.07, 6.45) is 1.49. The van der Waals surface area contributed by atoms with Crippen LogP contribution in [0.1, 0.15) is 27.8 Å². The third-order valence-corrected chi connectivity index (χ3v) is 5.01. The minimum atomic E-state index is -0.431. The number of carbonyl (C=O) groups is 1. The van der Waals surface area contributed by atoms with Gasteiger partial charge >= 0.3 is 5.97 Å². The Labute approximate surface area is 171 Å². The topological polar surface area (TPSA) is 91.2 Å². The maximum atomic E-state index is 12.6. The fourth-order valence-corrected chi connectivity index (χ4v) is 3.48. The Morgan fingerprint density at radius 3 is 2.66 bits per heavy atom. The predicted octanol–water partition coefficient (Wildman–Crippen LogP) is 4.68. The van der Waals surface area contributed by atoms with Crippen LogP contribution in [-0.4, -0.2) is 21.1 Å². The van der Waals surface area contributed by atoms with Gasteiger partial charge in [0.1, 0.15) is 18.6 Å². The smallest absolute Gasteiger partial charge is 0.339 e. The van der Waals surface area contributed by atoms with Crippen LogP contribution < -0.4 is 0 Å². The van der Waals surface area contributed by atoms with Crippen molar-refractivity contribution in [2.24, 2.45) is 0 Å². The first-order valence-corrected chi connectivity index (χ1v) is 9.85. The molecule has 0 aliphatic carbocycles. The van der Waals surface area contributed by atoms with Crippen molar-refractivity contribution in [3.63, 3.8) is 0 Å². The monoisotopic (exact) mass is 407 g/mol. The summed E-state index contributed by atoms with van der Waals surface area (Å²) >= 11 is 1.43. The Bertz CT molecular complexity index is 1110. The van der Waals surface area contributed by atoms with Gasteiger partial charge in [0.05, 0.1) is 11.3 Å². The maximum Gasteiger partial charge on any atom is 0.339 e. The Hall–Kier alpha value is -3.39.